The van der Waals surface area contributed by atoms with Crippen LogP contribution in [0.25, 0.3) is 22.0 Å². The maximum absolute atomic E-state index is 13.4. The van der Waals surface area contributed by atoms with Crippen molar-refractivity contribution in [3.8, 4) is 22.8 Å². The number of halogens is 2. The second kappa shape index (κ2) is 5.70. The summed E-state index contributed by atoms with van der Waals surface area (Å²) in [5, 5.41) is 11.0. The minimum absolute atomic E-state index is 0.315. The van der Waals surface area contributed by atoms with Gasteiger partial charge in [0.05, 0.1) is 19.9 Å². The third-order valence-corrected chi connectivity index (χ3v) is 4.11. The van der Waals surface area contributed by atoms with Gasteiger partial charge < -0.3 is 14.8 Å². The highest BCUT2D eigenvalue weighted by molar-refractivity contribution is 6.05. The molecule has 0 saturated heterocycles. The highest BCUT2D eigenvalue weighted by Crippen LogP contribution is 2.42. The lowest BCUT2D eigenvalue weighted by Gasteiger charge is -2.07. The second-order valence-corrected chi connectivity index (χ2v) is 5.64. The Bertz CT molecular complexity index is 1020. The third kappa shape index (κ3) is 2.53. The van der Waals surface area contributed by atoms with Gasteiger partial charge in [0, 0.05) is 22.7 Å². The maximum Gasteiger partial charge on any atom is 0.161 e. The summed E-state index contributed by atoms with van der Waals surface area (Å²) in [6.07, 6.45) is 0. The summed E-state index contributed by atoms with van der Waals surface area (Å²) < 4.78 is 37.4. The number of aromatic nitrogens is 2. The Morgan fingerprint density at radius 1 is 0.840 bits per heavy atom. The molecule has 5 nitrogen and oxygen atoms in total. The van der Waals surface area contributed by atoms with Crippen LogP contribution < -0.4 is 14.8 Å². The molecule has 128 valence electrons. The van der Waals surface area contributed by atoms with Crippen molar-refractivity contribution in [2.24, 2.45) is 0 Å². The molecule has 0 atom stereocenters. The standard InChI is InChI=1S/C18H15F2N3O2/c1-24-15-4-9-3-14-17(13(9)8-16(15)25-2)22-23-18(14)21-12-6-10(19)5-11(20)7-12/h3-8,21-23H,1-2H3. The molecule has 7 heteroatoms. The van der Waals surface area contributed by atoms with Crippen LogP contribution in [0.3, 0.4) is 0 Å². The molecule has 4 rings (SSSR count). The van der Waals surface area contributed by atoms with Gasteiger partial charge in [-0.15, -0.1) is 0 Å². The second-order valence-electron chi connectivity index (χ2n) is 5.64. The van der Waals surface area contributed by atoms with Gasteiger partial charge in [-0.25, -0.2) is 8.78 Å². The van der Waals surface area contributed by atoms with Crippen LogP contribution in [0.5, 0.6) is 11.5 Å². The molecule has 0 fully saturated rings. The molecule has 3 N–H and O–H groups in total. The van der Waals surface area contributed by atoms with E-state index in [4.69, 9.17) is 9.47 Å². The van der Waals surface area contributed by atoms with Crippen LogP contribution in [0.2, 0.25) is 0 Å². The third-order valence-electron chi connectivity index (χ3n) is 4.11. The van der Waals surface area contributed by atoms with E-state index in [2.05, 4.69) is 15.5 Å². The summed E-state index contributed by atoms with van der Waals surface area (Å²) in [6.45, 7) is 0. The number of methoxy groups -OCH3 is 2. The number of aromatic amines is 2. The number of nitrogens with one attached hydrogen (secondary N) is 3. The zero-order valence-electron chi connectivity index (χ0n) is 13.5. The van der Waals surface area contributed by atoms with Gasteiger partial charge in [-0.3, -0.25) is 10.2 Å². The maximum atomic E-state index is 13.4. The average molecular weight is 343 g/mol. The van der Waals surface area contributed by atoms with E-state index in [9.17, 15) is 8.78 Å². The number of H-pyrrole nitrogens is 2. The van der Waals surface area contributed by atoms with Crippen molar-refractivity contribution in [1.29, 1.82) is 0 Å². The smallest absolute Gasteiger partial charge is 0.161 e. The van der Waals surface area contributed by atoms with Gasteiger partial charge in [-0.1, -0.05) is 0 Å². The first-order valence-electron chi connectivity index (χ1n) is 7.57. The molecule has 0 spiro atoms. The van der Waals surface area contributed by atoms with Crippen LogP contribution in [-0.2, 0) is 0 Å². The summed E-state index contributed by atoms with van der Waals surface area (Å²) in [5.41, 5.74) is 2.03. The van der Waals surface area contributed by atoms with Crippen LogP contribution in [0.15, 0.2) is 36.4 Å². The number of hydrogen-bond donors (Lipinski definition) is 3. The van der Waals surface area contributed by atoms with Gasteiger partial charge in [-0.05, 0) is 35.7 Å². The number of rotatable bonds is 4. The fraction of sp³-hybridized carbons (Fsp3) is 0.111. The number of benzene rings is 2. The first kappa shape index (κ1) is 15.3. The van der Waals surface area contributed by atoms with Crippen LogP contribution in [-0.4, -0.2) is 24.4 Å². The number of ether oxygens (including phenoxy) is 2. The number of hydrogen-bond acceptors (Lipinski definition) is 3. The molecule has 0 amide bonds. The normalized spacial score (nSPS) is 11.2. The zero-order chi connectivity index (χ0) is 17.6. The molecule has 1 aliphatic heterocycles. The molecular weight excluding hydrogens is 328 g/mol. The predicted molar refractivity (Wildman–Crippen MR) is 92.0 cm³/mol. The molecule has 1 aliphatic carbocycles. The Hall–Kier alpha value is -3.22. The summed E-state index contributed by atoms with van der Waals surface area (Å²) in [5.74, 6) is 0.578. The highest BCUT2D eigenvalue weighted by Gasteiger charge is 2.19. The van der Waals surface area contributed by atoms with E-state index in [1.165, 1.54) is 12.1 Å². The van der Waals surface area contributed by atoms with E-state index in [-0.39, 0.29) is 0 Å². The average Bonchev–Trinajstić information content (AvgIpc) is 3.12. The van der Waals surface area contributed by atoms with Crippen LogP contribution in [0.1, 0.15) is 0 Å². The Kier molecular flexibility index (Phi) is 3.49. The van der Waals surface area contributed by atoms with Gasteiger partial charge in [0.15, 0.2) is 11.5 Å². The van der Waals surface area contributed by atoms with E-state index in [1.807, 2.05) is 18.2 Å². The van der Waals surface area contributed by atoms with Crippen molar-refractivity contribution in [3.05, 3.63) is 48.0 Å². The molecule has 2 aliphatic rings. The fourth-order valence-electron chi connectivity index (χ4n) is 3.00. The largest absolute Gasteiger partial charge is 0.493 e. The molecular formula is C18H15F2N3O2. The Labute approximate surface area is 141 Å². The van der Waals surface area contributed by atoms with Crippen molar-refractivity contribution in [2.45, 2.75) is 0 Å². The van der Waals surface area contributed by atoms with Gasteiger partial charge in [-0.2, -0.15) is 0 Å². The van der Waals surface area contributed by atoms with E-state index in [0.29, 0.717) is 23.0 Å². The van der Waals surface area contributed by atoms with Crippen molar-refractivity contribution in [2.75, 3.05) is 19.5 Å². The van der Waals surface area contributed by atoms with Crippen LogP contribution in [0.4, 0.5) is 20.3 Å². The number of anilines is 2. The lowest BCUT2D eigenvalue weighted by atomic mass is 10.2. The van der Waals surface area contributed by atoms with Gasteiger partial charge in [0.1, 0.15) is 17.5 Å². The minimum Gasteiger partial charge on any atom is -0.493 e. The van der Waals surface area contributed by atoms with Crippen molar-refractivity contribution < 1.29 is 18.3 Å². The molecule has 25 heavy (non-hydrogen) atoms. The van der Waals surface area contributed by atoms with Crippen molar-refractivity contribution in [1.82, 2.24) is 10.2 Å². The quantitative estimate of drug-likeness (QED) is 0.506. The Balaban J connectivity index is 1.79. The molecule has 0 unspecified atom stereocenters. The molecule has 2 aromatic rings. The fourth-order valence-corrected chi connectivity index (χ4v) is 3.00. The van der Waals surface area contributed by atoms with Crippen molar-refractivity contribution >= 4 is 22.3 Å². The van der Waals surface area contributed by atoms with Gasteiger partial charge >= 0.3 is 0 Å². The SMILES string of the molecule is COc1cc2cc3c(Nc4cc(F)cc(F)c4)[nH][nH]c-3c2cc1OC. The lowest BCUT2D eigenvalue weighted by molar-refractivity contribution is 0.356. The first-order valence-corrected chi connectivity index (χ1v) is 7.57. The van der Waals surface area contributed by atoms with E-state index < -0.39 is 11.6 Å². The predicted octanol–water partition coefficient (Wildman–Crippen LogP) is 4.64. The first-order chi connectivity index (χ1) is 12.1. The van der Waals surface area contributed by atoms with Crippen LogP contribution in [0, 0.1) is 11.6 Å². The summed E-state index contributed by atoms with van der Waals surface area (Å²) >= 11 is 0. The monoisotopic (exact) mass is 343 g/mol. The van der Waals surface area contributed by atoms with Gasteiger partial charge in [0.25, 0.3) is 0 Å². The van der Waals surface area contributed by atoms with Gasteiger partial charge in [0.2, 0.25) is 0 Å². The highest BCUT2D eigenvalue weighted by atomic mass is 19.1. The summed E-state index contributed by atoms with van der Waals surface area (Å²) in [4.78, 5) is 0. The Morgan fingerprint density at radius 3 is 2.20 bits per heavy atom. The van der Waals surface area contributed by atoms with E-state index in [1.54, 1.807) is 14.2 Å². The minimum atomic E-state index is -0.642. The zero-order valence-corrected chi connectivity index (χ0v) is 13.5. The topological polar surface area (TPSA) is 62.1 Å². The van der Waals surface area contributed by atoms with E-state index >= 15 is 0 Å². The molecule has 0 aromatic heterocycles. The van der Waals surface area contributed by atoms with Crippen molar-refractivity contribution in [3.63, 3.8) is 0 Å². The molecule has 1 heterocycles. The van der Waals surface area contributed by atoms with Crippen LogP contribution >= 0.6 is 0 Å². The Morgan fingerprint density at radius 2 is 1.52 bits per heavy atom. The van der Waals surface area contributed by atoms with E-state index in [0.717, 1.165) is 28.1 Å². The molecule has 0 bridgehead atoms. The number of fused-ring (bicyclic) bond motifs is 3. The molecule has 0 radical (unpaired) electrons. The lowest BCUT2D eigenvalue weighted by Crippen LogP contribution is -1.93. The summed E-state index contributed by atoms with van der Waals surface area (Å²) in [7, 11) is 3.16. The molecule has 2 aromatic carbocycles. The summed E-state index contributed by atoms with van der Waals surface area (Å²) in [6, 6.07) is 9.00. The molecule has 0 saturated carbocycles.